The average Bonchev–Trinajstić information content (AvgIpc) is 2.57. The molecule has 0 spiro atoms. The summed E-state index contributed by atoms with van der Waals surface area (Å²) in [6, 6.07) is 5.59. The normalized spacial score (nSPS) is 10.6. The van der Waals surface area contributed by atoms with Crippen LogP contribution in [-0.4, -0.2) is 20.5 Å². The SMILES string of the molecule is Cc1nn(C)c(CC(=O)Cc2ccccn2)c1Br. The summed E-state index contributed by atoms with van der Waals surface area (Å²) in [7, 11) is 1.85. The molecule has 4 nitrogen and oxygen atoms in total. The lowest BCUT2D eigenvalue weighted by molar-refractivity contribution is -0.117. The summed E-state index contributed by atoms with van der Waals surface area (Å²) >= 11 is 3.46. The highest BCUT2D eigenvalue weighted by Crippen LogP contribution is 2.21. The van der Waals surface area contributed by atoms with Gasteiger partial charge in [-0.25, -0.2) is 0 Å². The Labute approximate surface area is 114 Å². The van der Waals surface area contributed by atoms with Crippen molar-refractivity contribution >= 4 is 21.7 Å². The molecule has 0 aromatic carbocycles. The highest BCUT2D eigenvalue weighted by molar-refractivity contribution is 9.10. The summed E-state index contributed by atoms with van der Waals surface area (Å²) in [6.45, 7) is 1.91. The summed E-state index contributed by atoms with van der Waals surface area (Å²) in [5.74, 6) is 0.136. The summed E-state index contributed by atoms with van der Waals surface area (Å²) < 4.78 is 2.66. The van der Waals surface area contributed by atoms with Gasteiger partial charge in [0.1, 0.15) is 5.78 Å². The Morgan fingerprint density at radius 1 is 1.39 bits per heavy atom. The van der Waals surface area contributed by atoms with E-state index in [9.17, 15) is 4.79 Å². The second kappa shape index (κ2) is 5.44. The van der Waals surface area contributed by atoms with E-state index < -0.39 is 0 Å². The maximum Gasteiger partial charge on any atom is 0.144 e. The molecule has 2 aromatic heterocycles. The number of pyridine rings is 1. The average molecular weight is 308 g/mol. The zero-order valence-electron chi connectivity index (χ0n) is 10.4. The van der Waals surface area contributed by atoms with Crippen LogP contribution in [-0.2, 0) is 24.7 Å². The second-order valence-corrected chi connectivity index (χ2v) is 4.98. The minimum absolute atomic E-state index is 0.136. The third kappa shape index (κ3) is 2.85. The molecule has 5 heteroatoms. The van der Waals surface area contributed by atoms with E-state index in [-0.39, 0.29) is 5.78 Å². The molecule has 0 saturated carbocycles. The van der Waals surface area contributed by atoms with Gasteiger partial charge in [0.15, 0.2) is 0 Å². The van der Waals surface area contributed by atoms with E-state index in [0.29, 0.717) is 12.8 Å². The molecule has 94 valence electrons. The number of aromatic nitrogens is 3. The van der Waals surface area contributed by atoms with Crippen molar-refractivity contribution in [3.05, 3.63) is 46.0 Å². The van der Waals surface area contributed by atoms with Gasteiger partial charge in [-0.3, -0.25) is 14.5 Å². The number of nitrogens with zero attached hydrogens (tertiary/aromatic N) is 3. The predicted octanol–water partition coefficient (Wildman–Crippen LogP) is 2.24. The van der Waals surface area contributed by atoms with Crippen molar-refractivity contribution < 1.29 is 4.79 Å². The summed E-state index contributed by atoms with van der Waals surface area (Å²) in [6.07, 6.45) is 2.43. The zero-order valence-corrected chi connectivity index (χ0v) is 11.9. The Hall–Kier alpha value is -1.49. The molecule has 2 heterocycles. The summed E-state index contributed by atoms with van der Waals surface area (Å²) in [5.41, 5.74) is 2.61. The molecule has 0 saturated heterocycles. The Morgan fingerprint density at radius 3 is 2.72 bits per heavy atom. The van der Waals surface area contributed by atoms with Crippen LogP contribution in [0.25, 0.3) is 0 Å². The number of halogens is 1. The van der Waals surface area contributed by atoms with Gasteiger partial charge in [0.05, 0.1) is 15.9 Å². The van der Waals surface area contributed by atoms with Crippen LogP contribution in [0, 0.1) is 6.92 Å². The standard InChI is InChI=1S/C13H14BrN3O/c1-9-13(14)12(17(2)16-9)8-11(18)7-10-5-3-4-6-15-10/h3-6H,7-8H2,1-2H3. The minimum Gasteiger partial charge on any atom is -0.299 e. The van der Waals surface area contributed by atoms with E-state index in [1.54, 1.807) is 10.9 Å². The van der Waals surface area contributed by atoms with E-state index in [1.165, 1.54) is 0 Å². The summed E-state index contributed by atoms with van der Waals surface area (Å²) in [4.78, 5) is 16.1. The number of aryl methyl sites for hydroxylation is 2. The first kappa shape index (κ1) is 13.0. The van der Waals surface area contributed by atoms with Gasteiger partial charge >= 0.3 is 0 Å². The topological polar surface area (TPSA) is 47.8 Å². The van der Waals surface area contributed by atoms with Crippen molar-refractivity contribution in [3.8, 4) is 0 Å². The molecule has 0 radical (unpaired) electrons. The molecule has 0 aliphatic heterocycles. The third-order valence-corrected chi connectivity index (χ3v) is 3.76. The number of ketones is 1. The van der Waals surface area contributed by atoms with Crippen LogP contribution in [0.2, 0.25) is 0 Å². The van der Waals surface area contributed by atoms with Crippen molar-refractivity contribution in [2.45, 2.75) is 19.8 Å². The molecule has 0 aliphatic rings. The Kier molecular flexibility index (Phi) is 3.91. The van der Waals surface area contributed by atoms with Crippen molar-refractivity contribution in [1.82, 2.24) is 14.8 Å². The van der Waals surface area contributed by atoms with Crippen LogP contribution >= 0.6 is 15.9 Å². The fourth-order valence-corrected chi connectivity index (χ4v) is 2.30. The van der Waals surface area contributed by atoms with Gasteiger partial charge in [-0.05, 0) is 35.0 Å². The molecule has 0 atom stereocenters. The number of hydrogen-bond acceptors (Lipinski definition) is 3. The van der Waals surface area contributed by atoms with E-state index in [1.807, 2.05) is 32.2 Å². The molecule has 2 aromatic rings. The molecule has 0 amide bonds. The smallest absolute Gasteiger partial charge is 0.144 e. The molecular weight excluding hydrogens is 294 g/mol. The van der Waals surface area contributed by atoms with Crippen molar-refractivity contribution in [2.24, 2.45) is 7.05 Å². The third-order valence-electron chi connectivity index (χ3n) is 2.73. The number of carbonyl (C=O) groups excluding carboxylic acids is 1. The highest BCUT2D eigenvalue weighted by Gasteiger charge is 2.14. The minimum atomic E-state index is 0.136. The van der Waals surface area contributed by atoms with Crippen molar-refractivity contribution in [2.75, 3.05) is 0 Å². The van der Waals surface area contributed by atoms with E-state index in [2.05, 4.69) is 26.0 Å². The van der Waals surface area contributed by atoms with Crippen molar-refractivity contribution in [1.29, 1.82) is 0 Å². The first-order valence-corrected chi connectivity index (χ1v) is 6.47. The maximum atomic E-state index is 12.0. The van der Waals surface area contributed by atoms with Gasteiger partial charge in [-0.1, -0.05) is 6.07 Å². The van der Waals surface area contributed by atoms with Crippen LogP contribution in [0.1, 0.15) is 17.1 Å². The molecule has 18 heavy (non-hydrogen) atoms. The van der Waals surface area contributed by atoms with Crippen LogP contribution in [0.4, 0.5) is 0 Å². The molecule has 0 N–H and O–H groups in total. The van der Waals surface area contributed by atoms with Crippen LogP contribution in [0.3, 0.4) is 0 Å². The lowest BCUT2D eigenvalue weighted by atomic mass is 10.1. The first-order chi connectivity index (χ1) is 8.58. The van der Waals surface area contributed by atoms with Gasteiger partial charge in [0, 0.05) is 31.8 Å². The fourth-order valence-electron chi connectivity index (χ4n) is 1.83. The summed E-state index contributed by atoms with van der Waals surface area (Å²) in [5, 5.41) is 4.27. The van der Waals surface area contributed by atoms with Gasteiger partial charge in [0.25, 0.3) is 0 Å². The predicted molar refractivity (Wildman–Crippen MR) is 72.3 cm³/mol. The van der Waals surface area contributed by atoms with Crippen LogP contribution in [0.5, 0.6) is 0 Å². The maximum absolute atomic E-state index is 12.0. The van der Waals surface area contributed by atoms with Gasteiger partial charge in [-0.2, -0.15) is 5.10 Å². The first-order valence-electron chi connectivity index (χ1n) is 5.67. The number of Topliss-reactive ketones (excluding diaryl/α,β-unsaturated/α-hetero) is 1. The van der Waals surface area contributed by atoms with Gasteiger partial charge in [0.2, 0.25) is 0 Å². The lowest BCUT2D eigenvalue weighted by Gasteiger charge is -2.02. The van der Waals surface area contributed by atoms with E-state index >= 15 is 0 Å². The fraction of sp³-hybridized carbons (Fsp3) is 0.308. The van der Waals surface area contributed by atoms with Crippen LogP contribution < -0.4 is 0 Å². The number of rotatable bonds is 4. The monoisotopic (exact) mass is 307 g/mol. The van der Waals surface area contributed by atoms with E-state index in [0.717, 1.165) is 21.6 Å². The highest BCUT2D eigenvalue weighted by atomic mass is 79.9. The quantitative estimate of drug-likeness (QED) is 0.870. The molecule has 0 bridgehead atoms. The molecular formula is C13H14BrN3O. The van der Waals surface area contributed by atoms with Crippen LogP contribution in [0.15, 0.2) is 28.9 Å². The number of hydrogen-bond donors (Lipinski definition) is 0. The van der Waals surface area contributed by atoms with Gasteiger partial charge in [-0.15, -0.1) is 0 Å². The molecule has 0 unspecified atom stereocenters. The zero-order chi connectivity index (χ0) is 13.1. The second-order valence-electron chi connectivity index (χ2n) is 4.18. The lowest BCUT2D eigenvalue weighted by Crippen LogP contribution is -2.11. The van der Waals surface area contributed by atoms with Crippen molar-refractivity contribution in [3.63, 3.8) is 0 Å². The molecule has 0 fully saturated rings. The molecule has 0 aliphatic carbocycles. The Morgan fingerprint density at radius 2 is 2.17 bits per heavy atom. The molecule has 2 rings (SSSR count). The van der Waals surface area contributed by atoms with Gasteiger partial charge < -0.3 is 0 Å². The van der Waals surface area contributed by atoms with E-state index in [4.69, 9.17) is 0 Å². The number of carbonyl (C=O) groups is 1. The Balaban J connectivity index is 2.08. The Bertz CT molecular complexity index is 563. The largest absolute Gasteiger partial charge is 0.299 e.